The number of carbonyl (C=O) groups excluding carboxylic acids is 1. The van der Waals surface area contributed by atoms with Gasteiger partial charge in [-0.25, -0.2) is 14.5 Å². The number of aromatic nitrogens is 3. The first-order chi connectivity index (χ1) is 15.0. The quantitative estimate of drug-likeness (QED) is 0.372. The highest BCUT2D eigenvalue weighted by molar-refractivity contribution is 7.99. The van der Waals surface area contributed by atoms with Crippen molar-refractivity contribution in [3.8, 4) is 5.82 Å². The molecular formula is C24H22N4O2S. The summed E-state index contributed by atoms with van der Waals surface area (Å²) in [6.07, 6.45) is 1.66. The average molecular weight is 431 g/mol. The number of nitrogens with one attached hydrogen (secondary N) is 1. The van der Waals surface area contributed by atoms with E-state index < -0.39 is 0 Å². The summed E-state index contributed by atoms with van der Waals surface area (Å²) in [5.74, 6) is 0.505. The van der Waals surface area contributed by atoms with E-state index in [2.05, 4.69) is 15.3 Å². The summed E-state index contributed by atoms with van der Waals surface area (Å²) >= 11 is 1.22. The Morgan fingerprint density at radius 3 is 2.58 bits per heavy atom. The fourth-order valence-corrected chi connectivity index (χ4v) is 3.97. The van der Waals surface area contributed by atoms with Crippen LogP contribution in [0.2, 0.25) is 0 Å². The number of rotatable bonds is 6. The molecule has 2 aromatic carbocycles. The van der Waals surface area contributed by atoms with E-state index >= 15 is 0 Å². The van der Waals surface area contributed by atoms with Crippen LogP contribution in [-0.2, 0) is 11.3 Å². The molecule has 0 bridgehead atoms. The average Bonchev–Trinajstić information content (AvgIpc) is 2.77. The Balaban J connectivity index is 1.59. The molecule has 4 aromatic rings. The predicted octanol–water partition coefficient (Wildman–Crippen LogP) is 3.81. The molecule has 7 heteroatoms. The molecule has 0 saturated heterocycles. The molecule has 0 atom stereocenters. The third-order valence-electron chi connectivity index (χ3n) is 4.82. The fourth-order valence-electron chi connectivity index (χ4n) is 3.14. The lowest BCUT2D eigenvalue weighted by Crippen LogP contribution is -2.26. The van der Waals surface area contributed by atoms with Gasteiger partial charge in [0.25, 0.3) is 5.56 Å². The molecule has 31 heavy (non-hydrogen) atoms. The van der Waals surface area contributed by atoms with Crippen LogP contribution >= 0.6 is 11.8 Å². The summed E-state index contributed by atoms with van der Waals surface area (Å²) in [6, 6.07) is 18.9. The molecule has 0 radical (unpaired) electrons. The number of thioether (sulfide) groups is 1. The van der Waals surface area contributed by atoms with Crippen LogP contribution in [0.25, 0.3) is 16.7 Å². The number of benzene rings is 2. The van der Waals surface area contributed by atoms with E-state index in [0.29, 0.717) is 28.4 Å². The standard InChI is InChI=1S/C24H22N4O2S/c1-16-7-9-18(10-8-16)14-26-22(29)15-31-24-27-20-6-4-3-5-19(20)23(30)28(24)21-13-17(2)11-12-25-21/h3-13H,14-15H2,1-2H3,(H,26,29). The molecule has 2 heterocycles. The van der Waals surface area contributed by atoms with Crippen molar-refractivity contribution in [1.29, 1.82) is 0 Å². The molecule has 0 aliphatic carbocycles. The molecule has 0 saturated carbocycles. The van der Waals surface area contributed by atoms with Gasteiger partial charge >= 0.3 is 0 Å². The third kappa shape index (κ3) is 4.83. The molecule has 0 unspecified atom stereocenters. The third-order valence-corrected chi connectivity index (χ3v) is 5.76. The summed E-state index contributed by atoms with van der Waals surface area (Å²) in [5.41, 5.74) is 3.59. The molecule has 4 rings (SSSR count). The van der Waals surface area contributed by atoms with Crippen molar-refractivity contribution in [2.24, 2.45) is 0 Å². The zero-order chi connectivity index (χ0) is 21.8. The fraction of sp³-hybridized carbons (Fsp3) is 0.167. The number of aryl methyl sites for hydroxylation is 2. The van der Waals surface area contributed by atoms with Gasteiger partial charge < -0.3 is 5.32 Å². The van der Waals surface area contributed by atoms with Gasteiger partial charge in [-0.2, -0.15) is 0 Å². The Bertz CT molecular complexity index is 1300. The topological polar surface area (TPSA) is 76.9 Å². The van der Waals surface area contributed by atoms with Gasteiger partial charge in [0.15, 0.2) is 5.16 Å². The summed E-state index contributed by atoms with van der Waals surface area (Å²) in [5, 5.41) is 3.87. The van der Waals surface area contributed by atoms with Crippen LogP contribution in [0.3, 0.4) is 0 Å². The van der Waals surface area contributed by atoms with Gasteiger partial charge in [-0.05, 0) is 49.2 Å². The maximum absolute atomic E-state index is 13.2. The van der Waals surface area contributed by atoms with Gasteiger partial charge in [0.1, 0.15) is 5.82 Å². The Labute approximate surface area is 184 Å². The predicted molar refractivity (Wildman–Crippen MR) is 124 cm³/mol. The van der Waals surface area contributed by atoms with Crippen LogP contribution in [0.1, 0.15) is 16.7 Å². The second kappa shape index (κ2) is 9.14. The van der Waals surface area contributed by atoms with Gasteiger partial charge in [-0.1, -0.05) is 53.7 Å². The number of fused-ring (bicyclic) bond motifs is 1. The number of nitrogens with zero attached hydrogens (tertiary/aromatic N) is 3. The minimum absolute atomic E-state index is 0.128. The summed E-state index contributed by atoms with van der Waals surface area (Å²) in [4.78, 5) is 34.7. The van der Waals surface area contributed by atoms with E-state index in [1.807, 2.05) is 62.4 Å². The van der Waals surface area contributed by atoms with Crippen LogP contribution in [0.5, 0.6) is 0 Å². The van der Waals surface area contributed by atoms with Gasteiger partial charge in [0.2, 0.25) is 5.91 Å². The van der Waals surface area contributed by atoms with Crippen molar-refractivity contribution < 1.29 is 4.79 Å². The Morgan fingerprint density at radius 2 is 1.81 bits per heavy atom. The highest BCUT2D eigenvalue weighted by Crippen LogP contribution is 2.20. The Kier molecular flexibility index (Phi) is 6.13. The van der Waals surface area contributed by atoms with Crippen LogP contribution in [-0.4, -0.2) is 26.2 Å². The van der Waals surface area contributed by atoms with Crippen LogP contribution < -0.4 is 10.9 Å². The first-order valence-electron chi connectivity index (χ1n) is 9.91. The maximum atomic E-state index is 13.2. The first kappa shape index (κ1) is 20.8. The lowest BCUT2D eigenvalue weighted by Gasteiger charge is -2.13. The second-order valence-electron chi connectivity index (χ2n) is 7.29. The van der Waals surface area contributed by atoms with Crippen molar-refractivity contribution in [3.05, 3.63) is 93.9 Å². The summed E-state index contributed by atoms with van der Waals surface area (Å²) in [7, 11) is 0. The maximum Gasteiger partial charge on any atom is 0.267 e. The highest BCUT2D eigenvalue weighted by atomic mass is 32.2. The summed E-state index contributed by atoms with van der Waals surface area (Å²) < 4.78 is 1.48. The number of para-hydroxylation sites is 1. The number of amides is 1. The number of carbonyl (C=O) groups is 1. The molecule has 2 aromatic heterocycles. The molecular weight excluding hydrogens is 408 g/mol. The molecule has 6 nitrogen and oxygen atoms in total. The molecule has 0 aliphatic rings. The van der Waals surface area contributed by atoms with Crippen LogP contribution in [0.15, 0.2) is 76.8 Å². The number of hydrogen-bond acceptors (Lipinski definition) is 5. The molecule has 156 valence electrons. The molecule has 0 aliphatic heterocycles. The van der Waals surface area contributed by atoms with Gasteiger partial charge in [-0.15, -0.1) is 0 Å². The smallest absolute Gasteiger partial charge is 0.267 e. The molecule has 0 fully saturated rings. The normalized spacial score (nSPS) is 10.9. The minimum atomic E-state index is -0.203. The summed E-state index contributed by atoms with van der Waals surface area (Å²) in [6.45, 7) is 4.42. The van der Waals surface area contributed by atoms with E-state index in [-0.39, 0.29) is 17.2 Å². The van der Waals surface area contributed by atoms with E-state index in [1.54, 1.807) is 18.3 Å². The van der Waals surface area contributed by atoms with Crippen molar-refractivity contribution in [3.63, 3.8) is 0 Å². The van der Waals surface area contributed by atoms with E-state index in [4.69, 9.17) is 0 Å². The zero-order valence-electron chi connectivity index (χ0n) is 17.3. The lowest BCUT2D eigenvalue weighted by molar-refractivity contribution is -0.118. The minimum Gasteiger partial charge on any atom is -0.351 e. The Hall–Kier alpha value is -3.45. The number of hydrogen-bond donors (Lipinski definition) is 1. The van der Waals surface area contributed by atoms with Crippen LogP contribution in [0.4, 0.5) is 0 Å². The zero-order valence-corrected chi connectivity index (χ0v) is 18.1. The second-order valence-corrected chi connectivity index (χ2v) is 8.24. The molecule has 0 spiro atoms. The molecule has 1 amide bonds. The first-order valence-corrected chi connectivity index (χ1v) is 10.9. The van der Waals surface area contributed by atoms with Crippen LogP contribution in [0, 0.1) is 13.8 Å². The Morgan fingerprint density at radius 1 is 1.03 bits per heavy atom. The largest absolute Gasteiger partial charge is 0.351 e. The van der Waals surface area contributed by atoms with Gasteiger partial charge in [-0.3, -0.25) is 9.59 Å². The van der Waals surface area contributed by atoms with E-state index in [0.717, 1.165) is 11.1 Å². The SMILES string of the molecule is Cc1ccc(CNC(=O)CSc2nc3ccccc3c(=O)n2-c2cc(C)ccn2)cc1. The van der Waals surface area contributed by atoms with Crippen molar-refractivity contribution >= 4 is 28.6 Å². The van der Waals surface area contributed by atoms with Crippen molar-refractivity contribution in [2.45, 2.75) is 25.5 Å². The monoisotopic (exact) mass is 430 g/mol. The molecule has 1 N–H and O–H groups in total. The van der Waals surface area contributed by atoms with Gasteiger partial charge in [0.05, 0.1) is 16.7 Å². The van der Waals surface area contributed by atoms with Crippen molar-refractivity contribution in [2.75, 3.05) is 5.75 Å². The highest BCUT2D eigenvalue weighted by Gasteiger charge is 2.15. The van der Waals surface area contributed by atoms with Gasteiger partial charge in [0, 0.05) is 12.7 Å². The number of pyridine rings is 1. The lowest BCUT2D eigenvalue weighted by atomic mass is 10.1. The van der Waals surface area contributed by atoms with Crippen molar-refractivity contribution in [1.82, 2.24) is 19.9 Å². The van der Waals surface area contributed by atoms with E-state index in [1.165, 1.54) is 21.9 Å². The van der Waals surface area contributed by atoms with E-state index in [9.17, 15) is 9.59 Å².